The summed E-state index contributed by atoms with van der Waals surface area (Å²) in [7, 11) is 1.60. The van der Waals surface area contributed by atoms with Crippen molar-refractivity contribution in [1.29, 1.82) is 0 Å². The molecule has 5 nitrogen and oxygen atoms in total. The Kier molecular flexibility index (Phi) is 4.41. The van der Waals surface area contributed by atoms with Gasteiger partial charge in [-0.15, -0.1) is 11.3 Å². The van der Waals surface area contributed by atoms with Crippen molar-refractivity contribution in [2.75, 3.05) is 12.4 Å². The zero-order chi connectivity index (χ0) is 19.0. The fourth-order valence-corrected chi connectivity index (χ4v) is 3.99. The third-order valence-corrected chi connectivity index (χ3v) is 5.48. The standard InChI is InChI=1S/C21H19N3O2S/c1-13-7-9-16(10-8-13)24-21-18(14(2)23-24)12-19(27-21)20(25)22-15-5-4-6-17(11-15)26-3/h4-12H,1-3H3,(H,22,25). The van der Waals surface area contributed by atoms with Crippen LogP contribution >= 0.6 is 11.3 Å². The molecule has 0 radical (unpaired) electrons. The van der Waals surface area contributed by atoms with Gasteiger partial charge < -0.3 is 10.1 Å². The smallest absolute Gasteiger partial charge is 0.265 e. The number of amides is 1. The van der Waals surface area contributed by atoms with Crippen LogP contribution in [0.1, 0.15) is 20.9 Å². The number of nitrogens with one attached hydrogen (secondary N) is 1. The molecular weight excluding hydrogens is 358 g/mol. The first kappa shape index (κ1) is 17.3. The Morgan fingerprint density at radius 1 is 1.11 bits per heavy atom. The minimum Gasteiger partial charge on any atom is -0.497 e. The number of fused-ring (bicyclic) bond motifs is 1. The summed E-state index contributed by atoms with van der Waals surface area (Å²) in [5.41, 5.74) is 3.79. The highest BCUT2D eigenvalue weighted by Gasteiger charge is 2.17. The minimum atomic E-state index is -0.140. The SMILES string of the molecule is COc1cccc(NC(=O)c2cc3c(C)nn(-c4ccc(C)cc4)c3s2)c1. The molecule has 0 saturated carbocycles. The normalized spacial score (nSPS) is 10.9. The quantitative estimate of drug-likeness (QED) is 0.547. The van der Waals surface area contributed by atoms with Crippen molar-refractivity contribution in [1.82, 2.24) is 9.78 Å². The highest BCUT2D eigenvalue weighted by atomic mass is 32.1. The highest BCUT2D eigenvalue weighted by molar-refractivity contribution is 7.20. The average Bonchev–Trinajstić information content (AvgIpc) is 3.24. The number of hydrogen-bond donors (Lipinski definition) is 1. The topological polar surface area (TPSA) is 56.1 Å². The summed E-state index contributed by atoms with van der Waals surface area (Å²) in [5, 5.41) is 8.56. The maximum atomic E-state index is 12.7. The molecule has 0 aliphatic rings. The van der Waals surface area contributed by atoms with Gasteiger partial charge in [-0.05, 0) is 44.2 Å². The number of anilines is 1. The lowest BCUT2D eigenvalue weighted by Gasteiger charge is -2.06. The van der Waals surface area contributed by atoms with E-state index >= 15 is 0 Å². The summed E-state index contributed by atoms with van der Waals surface area (Å²) in [5.74, 6) is 0.564. The van der Waals surface area contributed by atoms with Crippen LogP contribution in [0.4, 0.5) is 5.69 Å². The predicted molar refractivity (Wildman–Crippen MR) is 109 cm³/mol. The van der Waals surface area contributed by atoms with Crippen molar-refractivity contribution in [2.24, 2.45) is 0 Å². The Morgan fingerprint density at radius 3 is 2.63 bits per heavy atom. The molecule has 1 amide bonds. The van der Waals surface area contributed by atoms with E-state index in [0.717, 1.165) is 21.6 Å². The van der Waals surface area contributed by atoms with E-state index in [9.17, 15) is 4.79 Å². The molecule has 2 aromatic carbocycles. The van der Waals surface area contributed by atoms with E-state index in [-0.39, 0.29) is 5.91 Å². The molecule has 4 rings (SSSR count). The van der Waals surface area contributed by atoms with E-state index in [1.165, 1.54) is 16.9 Å². The fourth-order valence-electron chi connectivity index (χ4n) is 2.91. The Labute approximate surface area is 161 Å². The van der Waals surface area contributed by atoms with E-state index in [4.69, 9.17) is 4.74 Å². The summed E-state index contributed by atoms with van der Waals surface area (Å²) in [6.45, 7) is 4.02. The molecule has 6 heteroatoms. The molecule has 4 aromatic rings. The first-order valence-electron chi connectivity index (χ1n) is 8.57. The van der Waals surface area contributed by atoms with E-state index in [1.54, 1.807) is 13.2 Å². The van der Waals surface area contributed by atoms with Crippen molar-refractivity contribution < 1.29 is 9.53 Å². The molecule has 136 valence electrons. The Hall–Kier alpha value is -3.12. The maximum absolute atomic E-state index is 12.7. The maximum Gasteiger partial charge on any atom is 0.265 e. The van der Waals surface area contributed by atoms with Gasteiger partial charge in [0.25, 0.3) is 5.91 Å². The molecule has 2 aromatic heterocycles. The number of ether oxygens (including phenoxy) is 1. The number of hydrogen-bond acceptors (Lipinski definition) is 4. The lowest BCUT2D eigenvalue weighted by Crippen LogP contribution is -2.10. The van der Waals surface area contributed by atoms with E-state index in [1.807, 2.05) is 48.0 Å². The number of nitrogens with zero attached hydrogens (tertiary/aromatic N) is 2. The second-order valence-corrected chi connectivity index (χ2v) is 7.38. The summed E-state index contributed by atoms with van der Waals surface area (Å²) >= 11 is 1.44. The van der Waals surface area contributed by atoms with Gasteiger partial charge in [0, 0.05) is 17.1 Å². The lowest BCUT2D eigenvalue weighted by molar-refractivity contribution is 0.103. The van der Waals surface area contributed by atoms with E-state index in [2.05, 4.69) is 29.5 Å². The third-order valence-electron chi connectivity index (χ3n) is 4.37. The summed E-state index contributed by atoms with van der Waals surface area (Å²) in [4.78, 5) is 14.3. The van der Waals surface area contributed by atoms with Gasteiger partial charge in [0.2, 0.25) is 0 Å². The van der Waals surface area contributed by atoms with Crippen molar-refractivity contribution in [2.45, 2.75) is 13.8 Å². The molecule has 0 bridgehead atoms. The number of carbonyl (C=O) groups excluding carboxylic acids is 1. The number of methoxy groups -OCH3 is 1. The highest BCUT2D eigenvalue weighted by Crippen LogP contribution is 2.31. The molecule has 2 heterocycles. The number of thiophene rings is 1. The number of rotatable bonds is 4. The monoisotopic (exact) mass is 377 g/mol. The molecule has 1 N–H and O–H groups in total. The summed E-state index contributed by atoms with van der Waals surface area (Å²) < 4.78 is 7.11. The van der Waals surface area contributed by atoms with Crippen molar-refractivity contribution >= 4 is 33.1 Å². The van der Waals surface area contributed by atoms with Crippen LogP contribution in [0.25, 0.3) is 15.9 Å². The van der Waals surface area contributed by atoms with E-state index in [0.29, 0.717) is 16.3 Å². The molecule has 0 saturated heterocycles. The Bertz CT molecular complexity index is 1130. The first-order valence-corrected chi connectivity index (χ1v) is 9.38. The van der Waals surface area contributed by atoms with Crippen molar-refractivity contribution in [3.63, 3.8) is 0 Å². The van der Waals surface area contributed by atoms with Crippen LogP contribution in [0.15, 0.2) is 54.6 Å². The molecule has 27 heavy (non-hydrogen) atoms. The van der Waals surface area contributed by atoms with Gasteiger partial charge in [-0.3, -0.25) is 4.79 Å². The van der Waals surface area contributed by atoms with Gasteiger partial charge in [0.15, 0.2) is 0 Å². The molecular formula is C21H19N3O2S. The van der Waals surface area contributed by atoms with Crippen molar-refractivity contribution in [3.8, 4) is 11.4 Å². The predicted octanol–water partition coefficient (Wildman–Crippen LogP) is 4.96. The molecule has 0 atom stereocenters. The van der Waals surface area contributed by atoms with Crippen LogP contribution in [-0.4, -0.2) is 22.8 Å². The van der Waals surface area contributed by atoms with Gasteiger partial charge in [-0.25, -0.2) is 4.68 Å². The third kappa shape index (κ3) is 3.31. The molecule has 0 aliphatic heterocycles. The lowest BCUT2D eigenvalue weighted by atomic mass is 10.2. The van der Waals surface area contributed by atoms with Crippen molar-refractivity contribution in [3.05, 3.63) is 70.7 Å². The Balaban J connectivity index is 1.68. The van der Waals surface area contributed by atoms with Gasteiger partial charge in [-0.2, -0.15) is 5.10 Å². The fraction of sp³-hybridized carbons (Fsp3) is 0.143. The summed E-state index contributed by atoms with van der Waals surface area (Å²) in [6, 6.07) is 17.4. The number of aryl methyl sites for hydroxylation is 2. The number of aromatic nitrogens is 2. The second-order valence-electron chi connectivity index (χ2n) is 6.35. The number of benzene rings is 2. The van der Waals surface area contributed by atoms with Crippen LogP contribution in [0.5, 0.6) is 5.75 Å². The van der Waals surface area contributed by atoms with Gasteiger partial charge in [-0.1, -0.05) is 23.8 Å². The Morgan fingerprint density at radius 2 is 1.89 bits per heavy atom. The largest absolute Gasteiger partial charge is 0.497 e. The number of carbonyl (C=O) groups is 1. The van der Waals surface area contributed by atoms with E-state index < -0.39 is 0 Å². The van der Waals surface area contributed by atoms with Gasteiger partial charge in [0.1, 0.15) is 10.6 Å². The zero-order valence-corrected chi connectivity index (χ0v) is 16.1. The molecule has 0 unspecified atom stereocenters. The molecule has 0 aliphatic carbocycles. The molecule has 0 spiro atoms. The van der Waals surface area contributed by atoms with Crippen LogP contribution in [-0.2, 0) is 0 Å². The second kappa shape index (κ2) is 6.89. The van der Waals surface area contributed by atoms with Crippen LogP contribution in [0.3, 0.4) is 0 Å². The van der Waals surface area contributed by atoms with Gasteiger partial charge in [0.05, 0.1) is 23.4 Å². The zero-order valence-electron chi connectivity index (χ0n) is 15.3. The average molecular weight is 377 g/mol. The minimum absolute atomic E-state index is 0.140. The summed E-state index contributed by atoms with van der Waals surface area (Å²) in [6.07, 6.45) is 0. The van der Waals surface area contributed by atoms with Crippen LogP contribution in [0.2, 0.25) is 0 Å². The first-order chi connectivity index (χ1) is 13.0. The van der Waals surface area contributed by atoms with Crippen LogP contribution in [0, 0.1) is 13.8 Å². The van der Waals surface area contributed by atoms with Gasteiger partial charge >= 0.3 is 0 Å². The molecule has 0 fully saturated rings. The van der Waals surface area contributed by atoms with Crippen LogP contribution < -0.4 is 10.1 Å².